The third kappa shape index (κ3) is 3.37. The molecule has 2 saturated heterocycles. The van der Waals surface area contributed by atoms with Crippen molar-refractivity contribution < 1.29 is 13.2 Å². The van der Waals surface area contributed by atoms with E-state index in [9.17, 15) is 13.2 Å². The van der Waals surface area contributed by atoms with Crippen LogP contribution in [0.15, 0.2) is 37.0 Å². The SMILES string of the molecule is C=C(c1cccnc1N)c1nc(N2CC3CCC(C2)N3)ccc1C(F)(F)F. The number of aromatic nitrogens is 2. The molecule has 2 aliphatic rings. The summed E-state index contributed by atoms with van der Waals surface area (Å²) in [6, 6.07) is 6.45. The van der Waals surface area contributed by atoms with Gasteiger partial charge in [0.15, 0.2) is 0 Å². The molecular formula is C19H20F3N5. The molecule has 27 heavy (non-hydrogen) atoms. The normalized spacial score (nSPS) is 22.1. The Morgan fingerprint density at radius 2 is 1.89 bits per heavy atom. The number of hydrogen-bond acceptors (Lipinski definition) is 5. The van der Waals surface area contributed by atoms with Gasteiger partial charge in [-0.3, -0.25) is 0 Å². The maximum absolute atomic E-state index is 13.6. The van der Waals surface area contributed by atoms with E-state index < -0.39 is 11.7 Å². The van der Waals surface area contributed by atoms with Crippen molar-refractivity contribution in [2.24, 2.45) is 0 Å². The summed E-state index contributed by atoms with van der Waals surface area (Å²) in [6.45, 7) is 5.31. The zero-order valence-corrected chi connectivity index (χ0v) is 14.6. The average Bonchev–Trinajstić information content (AvgIpc) is 2.98. The van der Waals surface area contributed by atoms with Gasteiger partial charge >= 0.3 is 6.18 Å². The molecule has 2 aromatic heterocycles. The largest absolute Gasteiger partial charge is 0.418 e. The molecule has 2 aliphatic heterocycles. The van der Waals surface area contributed by atoms with Gasteiger partial charge in [0.2, 0.25) is 0 Å². The van der Waals surface area contributed by atoms with Gasteiger partial charge in [-0.05, 0) is 37.1 Å². The molecule has 2 aromatic rings. The van der Waals surface area contributed by atoms with E-state index in [1.54, 1.807) is 12.1 Å². The van der Waals surface area contributed by atoms with E-state index in [1.165, 1.54) is 12.3 Å². The van der Waals surface area contributed by atoms with Gasteiger partial charge in [0.05, 0.1) is 11.3 Å². The molecule has 0 aromatic carbocycles. The Balaban J connectivity index is 1.76. The van der Waals surface area contributed by atoms with E-state index >= 15 is 0 Å². The predicted octanol–water partition coefficient (Wildman–Crippen LogP) is 3.08. The highest BCUT2D eigenvalue weighted by Gasteiger charge is 2.37. The van der Waals surface area contributed by atoms with Crippen LogP contribution < -0.4 is 16.0 Å². The number of halogens is 3. The summed E-state index contributed by atoms with van der Waals surface area (Å²) in [5, 5.41) is 3.50. The van der Waals surface area contributed by atoms with Gasteiger partial charge < -0.3 is 16.0 Å². The molecule has 2 unspecified atom stereocenters. The monoisotopic (exact) mass is 375 g/mol. The van der Waals surface area contributed by atoms with E-state index in [4.69, 9.17) is 5.73 Å². The van der Waals surface area contributed by atoms with Crippen LogP contribution in [0.2, 0.25) is 0 Å². The number of nitrogen functional groups attached to an aromatic ring is 1. The van der Waals surface area contributed by atoms with Gasteiger partial charge in [0.1, 0.15) is 11.6 Å². The molecule has 8 heteroatoms. The van der Waals surface area contributed by atoms with E-state index in [0.717, 1.165) is 32.0 Å². The van der Waals surface area contributed by atoms with Gasteiger partial charge in [0.25, 0.3) is 0 Å². The Morgan fingerprint density at radius 1 is 1.19 bits per heavy atom. The van der Waals surface area contributed by atoms with Crippen molar-refractivity contribution in [3.63, 3.8) is 0 Å². The fraction of sp³-hybridized carbons (Fsp3) is 0.368. The number of fused-ring (bicyclic) bond motifs is 2. The van der Waals surface area contributed by atoms with Crippen LogP contribution in [-0.2, 0) is 6.18 Å². The summed E-state index contributed by atoms with van der Waals surface area (Å²) < 4.78 is 40.7. The lowest BCUT2D eigenvalue weighted by atomic mass is 10.00. The molecule has 2 fully saturated rings. The van der Waals surface area contributed by atoms with Crippen LogP contribution >= 0.6 is 0 Å². The second-order valence-corrected chi connectivity index (χ2v) is 7.02. The molecular weight excluding hydrogens is 355 g/mol. The molecule has 3 N–H and O–H groups in total. The van der Waals surface area contributed by atoms with Crippen molar-refractivity contribution in [2.75, 3.05) is 23.7 Å². The summed E-state index contributed by atoms with van der Waals surface area (Å²) in [4.78, 5) is 10.4. The highest BCUT2D eigenvalue weighted by atomic mass is 19.4. The molecule has 2 atom stereocenters. The quantitative estimate of drug-likeness (QED) is 0.863. The number of anilines is 2. The second kappa shape index (κ2) is 6.53. The van der Waals surface area contributed by atoms with Crippen molar-refractivity contribution in [3.8, 4) is 0 Å². The van der Waals surface area contributed by atoms with Crippen LogP contribution in [0.4, 0.5) is 24.8 Å². The van der Waals surface area contributed by atoms with Gasteiger partial charge in [-0.1, -0.05) is 6.58 Å². The predicted molar refractivity (Wildman–Crippen MR) is 98.2 cm³/mol. The van der Waals surface area contributed by atoms with Crippen molar-refractivity contribution >= 4 is 17.2 Å². The summed E-state index contributed by atoms with van der Waals surface area (Å²) >= 11 is 0. The minimum atomic E-state index is -4.54. The zero-order chi connectivity index (χ0) is 19.2. The minimum absolute atomic E-state index is 0.118. The lowest BCUT2D eigenvalue weighted by Gasteiger charge is -2.34. The van der Waals surface area contributed by atoms with Crippen molar-refractivity contribution in [2.45, 2.75) is 31.1 Å². The Hall–Kier alpha value is -2.61. The first-order valence-electron chi connectivity index (χ1n) is 8.82. The summed E-state index contributed by atoms with van der Waals surface area (Å²) in [6.07, 6.45) is -0.901. The minimum Gasteiger partial charge on any atom is -0.383 e. The van der Waals surface area contributed by atoms with Crippen LogP contribution in [0.5, 0.6) is 0 Å². The van der Waals surface area contributed by atoms with Gasteiger partial charge in [-0.15, -0.1) is 0 Å². The molecule has 0 aliphatic carbocycles. The summed E-state index contributed by atoms with van der Waals surface area (Å²) in [5.41, 5.74) is 5.29. The fourth-order valence-corrected chi connectivity index (χ4v) is 3.87. The number of nitrogens with one attached hydrogen (secondary N) is 1. The molecule has 5 nitrogen and oxygen atoms in total. The molecule has 142 valence electrons. The smallest absolute Gasteiger partial charge is 0.383 e. The Morgan fingerprint density at radius 3 is 2.52 bits per heavy atom. The van der Waals surface area contributed by atoms with Crippen LogP contribution in [0.3, 0.4) is 0 Å². The lowest BCUT2D eigenvalue weighted by Crippen LogP contribution is -2.51. The molecule has 0 spiro atoms. The molecule has 4 rings (SSSR count). The van der Waals surface area contributed by atoms with Crippen LogP contribution in [0.1, 0.15) is 29.7 Å². The van der Waals surface area contributed by atoms with Gasteiger partial charge in [-0.25, -0.2) is 9.97 Å². The Labute approximate surface area is 155 Å². The molecule has 0 amide bonds. The number of hydrogen-bond donors (Lipinski definition) is 2. The zero-order valence-electron chi connectivity index (χ0n) is 14.6. The number of nitrogens with two attached hydrogens (primary N) is 1. The third-order valence-corrected chi connectivity index (χ3v) is 5.18. The highest BCUT2D eigenvalue weighted by molar-refractivity contribution is 5.83. The second-order valence-electron chi connectivity index (χ2n) is 7.02. The standard InChI is InChI=1S/C19H20F3N5/c1-11(14-3-2-8-24-18(14)23)17-15(19(20,21)22)6-7-16(26-17)27-9-12-4-5-13(10-27)25-12/h2-3,6-8,12-13,25H,1,4-5,9-10H2,(H2,23,24). The van der Waals surface area contributed by atoms with Crippen molar-refractivity contribution in [3.05, 3.63) is 53.9 Å². The third-order valence-electron chi connectivity index (χ3n) is 5.18. The Kier molecular flexibility index (Phi) is 4.30. The molecule has 0 saturated carbocycles. The molecule has 4 heterocycles. The first-order chi connectivity index (χ1) is 12.8. The van der Waals surface area contributed by atoms with Crippen LogP contribution in [-0.4, -0.2) is 35.1 Å². The lowest BCUT2D eigenvalue weighted by molar-refractivity contribution is -0.138. The fourth-order valence-electron chi connectivity index (χ4n) is 3.87. The number of nitrogens with zero attached hydrogens (tertiary/aromatic N) is 3. The van der Waals surface area contributed by atoms with Gasteiger partial charge in [-0.2, -0.15) is 13.2 Å². The van der Waals surface area contributed by atoms with Crippen molar-refractivity contribution in [1.82, 2.24) is 15.3 Å². The first-order valence-corrected chi connectivity index (χ1v) is 8.82. The van der Waals surface area contributed by atoms with Gasteiger partial charge in [0, 0.05) is 42.5 Å². The van der Waals surface area contributed by atoms with E-state index in [0.29, 0.717) is 23.5 Å². The summed E-state index contributed by atoms with van der Waals surface area (Å²) in [7, 11) is 0. The van der Waals surface area contributed by atoms with E-state index in [2.05, 4.69) is 21.9 Å². The number of piperazine rings is 1. The maximum Gasteiger partial charge on any atom is 0.418 e. The number of pyridine rings is 2. The number of rotatable bonds is 3. The average molecular weight is 375 g/mol. The van der Waals surface area contributed by atoms with Crippen LogP contribution in [0.25, 0.3) is 5.57 Å². The number of alkyl halides is 3. The molecule has 0 radical (unpaired) electrons. The molecule has 2 bridgehead atoms. The van der Waals surface area contributed by atoms with E-state index in [1.807, 2.05) is 4.90 Å². The first kappa shape index (κ1) is 17.8. The summed E-state index contributed by atoms with van der Waals surface area (Å²) in [5.74, 6) is 0.656. The van der Waals surface area contributed by atoms with E-state index in [-0.39, 0.29) is 17.1 Å². The Bertz CT molecular complexity index is 868. The maximum atomic E-state index is 13.6. The highest BCUT2D eigenvalue weighted by Crippen LogP contribution is 2.38. The topological polar surface area (TPSA) is 67.1 Å². The van der Waals surface area contributed by atoms with Crippen molar-refractivity contribution in [1.29, 1.82) is 0 Å². The van der Waals surface area contributed by atoms with Crippen LogP contribution in [0, 0.1) is 0 Å².